The fourth-order valence-electron chi connectivity index (χ4n) is 0.610. The van der Waals surface area contributed by atoms with Crippen molar-refractivity contribution in [1.29, 1.82) is 0 Å². The number of ether oxygens (including phenoxy) is 1. The number of halogens is 1. The highest BCUT2D eigenvalue weighted by Gasteiger charge is 2.08. The fraction of sp³-hybridized carbons (Fsp3) is 0.625. The van der Waals surface area contributed by atoms with E-state index in [0.29, 0.717) is 6.42 Å². The summed E-state index contributed by atoms with van der Waals surface area (Å²) in [6.45, 7) is 5.70. The number of carbonyl (C=O) groups excluding carboxylic acids is 1. The number of rotatable bonds is 5. The van der Waals surface area contributed by atoms with Crippen molar-refractivity contribution in [1.82, 2.24) is 0 Å². The van der Waals surface area contributed by atoms with Gasteiger partial charge in [0.05, 0.1) is 13.5 Å². The summed E-state index contributed by atoms with van der Waals surface area (Å²) in [7, 11) is 1.41. The predicted molar refractivity (Wildman–Crippen MR) is 56.6 cm³/mol. The van der Waals surface area contributed by atoms with Crippen LogP contribution < -0.4 is 0 Å². The first-order valence-electron chi connectivity index (χ1n) is 3.58. The molecule has 70 valence electrons. The average molecular weight is 253 g/mol. The van der Waals surface area contributed by atoms with Crippen molar-refractivity contribution in [2.24, 2.45) is 0 Å². The van der Waals surface area contributed by atoms with Crippen molar-refractivity contribution in [2.45, 2.75) is 18.6 Å². The molecule has 0 fully saturated rings. The first-order chi connectivity index (χ1) is 5.56. The van der Waals surface area contributed by atoms with Crippen LogP contribution in [0.2, 0.25) is 0 Å². The molecule has 0 aliphatic rings. The molecule has 0 radical (unpaired) electrons. The summed E-state index contributed by atoms with van der Waals surface area (Å²) < 4.78 is 5.49. The number of esters is 1. The minimum atomic E-state index is -0.157. The second kappa shape index (κ2) is 6.54. The molecular formula is C8H13BrO2S. The zero-order valence-electron chi connectivity index (χ0n) is 7.30. The molecule has 0 aliphatic heterocycles. The van der Waals surface area contributed by atoms with Gasteiger partial charge in [0, 0.05) is 11.0 Å². The van der Waals surface area contributed by atoms with E-state index in [1.165, 1.54) is 7.11 Å². The van der Waals surface area contributed by atoms with Crippen LogP contribution in [0.1, 0.15) is 13.3 Å². The van der Waals surface area contributed by atoms with Crippen LogP contribution in [0.25, 0.3) is 0 Å². The highest BCUT2D eigenvalue weighted by Crippen LogP contribution is 2.19. The van der Waals surface area contributed by atoms with Crippen LogP contribution in [0.15, 0.2) is 11.1 Å². The van der Waals surface area contributed by atoms with Gasteiger partial charge in [-0.3, -0.25) is 4.79 Å². The molecule has 12 heavy (non-hydrogen) atoms. The van der Waals surface area contributed by atoms with Gasteiger partial charge in [0.1, 0.15) is 0 Å². The Labute approximate surface area is 85.9 Å². The lowest BCUT2D eigenvalue weighted by atomic mass is 10.3. The van der Waals surface area contributed by atoms with Gasteiger partial charge in [-0.15, -0.1) is 0 Å². The van der Waals surface area contributed by atoms with Gasteiger partial charge < -0.3 is 4.74 Å². The molecule has 0 aromatic rings. The highest BCUT2D eigenvalue weighted by molar-refractivity contribution is 9.11. The predicted octanol–water partition coefficient (Wildman–Crippen LogP) is 2.58. The second-order valence-electron chi connectivity index (χ2n) is 2.42. The molecule has 0 amide bonds. The van der Waals surface area contributed by atoms with Crippen molar-refractivity contribution >= 4 is 33.7 Å². The Morgan fingerprint density at radius 2 is 2.33 bits per heavy atom. The van der Waals surface area contributed by atoms with E-state index in [0.717, 1.165) is 10.2 Å². The maximum atomic E-state index is 10.8. The summed E-state index contributed by atoms with van der Waals surface area (Å²) in [6.07, 6.45) is 0.460. The average Bonchev–Trinajstić information content (AvgIpc) is 2.00. The van der Waals surface area contributed by atoms with Crippen LogP contribution in [-0.2, 0) is 9.53 Å². The number of hydrogen-bond donors (Lipinski definition) is 0. The van der Waals surface area contributed by atoms with Crippen LogP contribution >= 0.6 is 27.7 Å². The molecule has 0 bridgehead atoms. The standard InChI is InChI=1S/C8H13BrO2S/c1-6(9)5-12-7(2)4-8(10)11-3/h7H,1,4-5H2,2-3H3. The molecule has 0 N–H and O–H groups in total. The minimum absolute atomic E-state index is 0.157. The van der Waals surface area contributed by atoms with Crippen LogP contribution in [0, 0.1) is 0 Å². The van der Waals surface area contributed by atoms with Gasteiger partial charge in [0.2, 0.25) is 0 Å². The van der Waals surface area contributed by atoms with Gasteiger partial charge in [0.15, 0.2) is 0 Å². The van der Waals surface area contributed by atoms with Gasteiger partial charge >= 0.3 is 5.97 Å². The van der Waals surface area contributed by atoms with Crippen LogP contribution in [-0.4, -0.2) is 24.1 Å². The highest BCUT2D eigenvalue weighted by atomic mass is 79.9. The van der Waals surface area contributed by atoms with E-state index in [1.807, 2.05) is 6.92 Å². The van der Waals surface area contributed by atoms with Gasteiger partial charge in [-0.1, -0.05) is 29.4 Å². The SMILES string of the molecule is C=C(Br)CSC(C)CC(=O)OC. The van der Waals surface area contributed by atoms with Crippen molar-refractivity contribution < 1.29 is 9.53 Å². The summed E-state index contributed by atoms with van der Waals surface area (Å²) in [6, 6.07) is 0. The molecule has 0 rings (SSSR count). The van der Waals surface area contributed by atoms with Crippen molar-refractivity contribution in [3.05, 3.63) is 11.1 Å². The third-order valence-corrected chi connectivity index (χ3v) is 3.11. The number of thioether (sulfide) groups is 1. The first kappa shape index (κ1) is 12.0. The monoisotopic (exact) mass is 252 g/mol. The van der Waals surface area contributed by atoms with E-state index >= 15 is 0 Å². The first-order valence-corrected chi connectivity index (χ1v) is 5.42. The lowest BCUT2D eigenvalue weighted by Crippen LogP contribution is -2.08. The van der Waals surface area contributed by atoms with Crippen molar-refractivity contribution in [2.75, 3.05) is 12.9 Å². The summed E-state index contributed by atoms with van der Waals surface area (Å²) in [5, 5.41) is 0.284. The van der Waals surface area contributed by atoms with E-state index in [1.54, 1.807) is 11.8 Å². The Morgan fingerprint density at radius 3 is 2.75 bits per heavy atom. The Kier molecular flexibility index (Phi) is 6.57. The van der Waals surface area contributed by atoms with E-state index in [9.17, 15) is 4.79 Å². The molecule has 0 spiro atoms. The summed E-state index contributed by atoms with van der Waals surface area (Å²) in [5.74, 6) is 0.674. The van der Waals surface area contributed by atoms with E-state index in [4.69, 9.17) is 0 Å². The molecule has 4 heteroatoms. The molecule has 2 nitrogen and oxygen atoms in total. The number of carbonyl (C=O) groups is 1. The molecule has 0 saturated carbocycles. The fourth-order valence-corrected chi connectivity index (χ4v) is 1.73. The normalized spacial score (nSPS) is 12.2. The van der Waals surface area contributed by atoms with Crippen molar-refractivity contribution in [3.63, 3.8) is 0 Å². The second-order valence-corrected chi connectivity index (χ2v) is 4.97. The third kappa shape index (κ3) is 6.73. The molecule has 0 heterocycles. The Balaban J connectivity index is 3.52. The smallest absolute Gasteiger partial charge is 0.306 e. The van der Waals surface area contributed by atoms with Gasteiger partial charge in [0.25, 0.3) is 0 Å². The topological polar surface area (TPSA) is 26.3 Å². The Hall–Kier alpha value is 0.0400. The van der Waals surface area contributed by atoms with E-state index in [-0.39, 0.29) is 11.2 Å². The minimum Gasteiger partial charge on any atom is -0.469 e. The molecule has 0 saturated heterocycles. The van der Waals surface area contributed by atoms with Gasteiger partial charge in [-0.05, 0) is 4.48 Å². The van der Waals surface area contributed by atoms with Gasteiger partial charge in [-0.25, -0.2) is 0 Å². The molecule has 0 aromatic heterocycles. The quantitative estimate of drug-likeness (QED) is 0.704. The maximum Gasteiger partial charge on any atom is 0.306 e. The maximum absolute atomic E-state index is 10.8. The van der Waals surface area contributed by atoms with Crippen LogP contribution in [0.4, 0.5) is 0 Å². The molecule has 0 aliphatic carbocycles. The molecular weight excluding hydrogens is 240 g/mol. The zero-order valence-corrected chi connectivity index (χ0v) is 9.70. The Bertz CT molecular complexity index is 170. The zero-order chi connectivity index (χ0) is 9.56. The molecule has 0 aromatic carbocycles. The summed E-state index contributed by atoms with van der Waals surface area (Å²) >= 11 is 4.94. The third-order valence-electron chi connectivity index (χ3n) is 1.21. The number of hydrogen-bond acceptors (Lipinski definition) is 3. The van der Waals surface area contributed by atoms with Crippen molar-refractivity contribution in [3.8, 4) is 0 Å². The Morgan fingerprint density at radius 1 is 1.75 bits per heavy atom. The molecule has 1 unspecified atom stereocenters. The summed E-state index contributed by atoms with van der Waals surface area (Å²) in [4.78, 5) is 10.8. The molecule has 1 atom stereocenters. The summed E-state index contributed by atoms with van der Waals surface area (Å²) in [5.41, 5.74) is 0. The van der Waals surface area contributed by atoms with Crippen LogP contribution in [0.5, 0.6) is 0 Å². The largest absolute Gasteiger partial charge is 0.469 e. The van der Waals surface area contributed by atoms with Gasteiger partial charge in [-0.2, -0.15) is 11.8 Å². The number of methoxy groups -OCH3 is 1. The van der Waals surface area contributed by atoms with E-state index < -0.39 is 0 Å². The lowest BCUT2D eigenvalue weighted by Gasteiger charge is -2.08. The van der Waals surface area contributed by atoms with E-state index in [2.05, 4.69) is 27.2 Å². The lowest BCUT2D eigenvalue weighted by molar-refractivity contribution is -0.140. The van der Waals surface area contributed by atoms with Crippen LogP contribution in [0.3, 0.4) is 0 Å².